The van der Waals surface area contributed by atoms with Crippen LogP contribution in [0.2, 0.25) is 0 Å². The lowest BCUT2D eigenvalue weighted by Crippen LogP contribution is -2.31. The lowest BCUT2D eigenvalue weighted by molar-refractivity contribution is 0.318. The Balaban J connectivity index is 1.90. The van der Waals surface area contributed by atoms with Crippen molar-refractivity contribution in [2.75, 3.05) is 11.4 Å². The molecule has 3 rings (SSSR count). The predicted octanol–water partition coefficient (Wildman–Crippen LogP) is 1.26. The minimum absolute atomic E-state index is 0.0360. The number of nitrogens with two attached hydrogens (primary N) is 1. The van der Waals surface area contributed by atoms with Gasteiger partial charge in [-0.05, 0) is 44.6 Å². The molecule has 6 nitrogen and oxygen atoms in total. The number of hydrogen-bond donors (Lipinski definition) is 2. The Morgan fingerprint density at radius 2 is 2.16 bits per heavy atom. The zero-order valence-electron chi connectivity index (χ0n) is 11.1. The number of anilines is 1. The van der Waals surface area contributed by atoms with Crippen molar-refractivity contribution in [2.24, 2.45) is 16.8 Å². The zero-order valence-corrected chi connectivity index (χ0v) is 11.1. The van der Waals surface area contributed by atoms with Crippen molar-refractivity contribution in [1.82, 2.24) is 9.97 Å². The molecule has 0 unspecified atom stereocenters. The molecule has 3 N–H and O–H groups in total. The van der Waals surface area contributed by atoms with Gasteiger partial charge in [0, 0.05) is 18.3 Å². The van der Waals surface area contributed by atoms with E-state index in [1.165, 1.54) is 25.7 Å². The maximum atomic E-state index is 8.77. The second kappa shape index (κ2) is 4.68. The Labute approximate surface area is 112 Å². The molecule has 0 bridgehead atoms. The monoisotopic (exact) mass is 261 g/mol. The average molecular weight is 261 g/mol. The SMILES string of the molecule is Cc1cc(/C(N)=N/O)nc(N(CC2CC2)C2CC2)n1. The van der Waals surface area contributed by atoms with Crippen LogP contribution in [-0.4, -0.2) is 33.6 Å². The smallest absolute Gasteiger partial charge is 0.226 e. The second-order valence-electron chi connectivity index (χ2n) is 5.51. The average Bonchev–Trinajstić information content (AvgIpc) is 3.27. The molecular weight excluding hydrogens is 242 g/mol. The van der Waals surface area contributed by atoms with E-state index in [4.69, 9.17) is 10.9 Å². The first kappa shape index (κ1) is 12.2. The number of nitrogens with zero attached hydrogens (tertiary/aromatic N) is 4. The molecule has 6 heteroatoms. The molecule has 102 valence electrons. The highest BCUT2D eigenvalue weighted by atomic mass is 16.4. The minimum atomic E-state index is 0.0360. The quantitative estimate of drug-likeness (QED) is 0.360. The predicted molar refractivity (Wildman–Crippen MR) is 72.4 cm³/mol. The van der Waals surface area contributed by atoms with Crippen LogP contribution in [0.4, 0.5) is 5.95 Å². The Hall–Kier alpha value is -1.85. The van der Waals surface area contributed by atoms with Gasteiger partial charge >= 0.3 is 0 Å². The standard InChI is InChI=1S/C13H19N5O/c1-8-6-11(12(14)17-19)16-13(15-8)18(10-4-5-10)7-9-2-3-9/h6,9-10,19H,2-5,7H2,1H3,(H2,14,17). The third-order valence-electron chi connectivity index (χ3n) is 3.61. The summed E-state index contributed by atoms with van der Waals surface area (Å²) in [6, 6.07) is 2.31. The molecule has 2 fully saturated rings. The summed E-state index contributed by atoms with van der Waals surface area (Å²) in [4.78, 5) is 11.3. The molecule has 0 amide bonds. The summed E-state index contributed by atoms with van der Waals surface area (Å²) in [6.45, 7) is 2.94. The first-order chi connectivity index (χ1) is 9.17. The molecule has 0 aliphatic heterocycles. The van der Waals surface area contributed by atoms with E-state index < -0.39 is 0 Å². The highest BCUT2D eigenvalue weighted by Crippen LogP contribution is 2.36. The van der Waals surface area contributed by atoms with Gasteiger partial charge in [0.2, 0.25) is 5.95 Å². The van der Waals surface area contributed by atoms with Gasteiger partial charge in [-0.3, -0.25) is 0 Å². The highest BCUT2D eigenvalue weighted by molar-refractivity contribution is 5.95. The fourth-order valence-corrected chi connectivity index (χ4v) is 2.22. The minimum Gasteiger partial charge on any atom is -0.409 e. The number of amidine groups is 1. The van der Waals surface area contributed by atoms with Gasteiger partial charge in [0.1, 0.15) is 5.69 Å². The molecule has 0 atom stereocenters. The summed E-state index contributed by atoms with van der Waals surface area (Å²) in [6.07, 6.45) is 5.04. The first-order valence-corrected chi connectivity index (χ1v) is 6.77. The number of oxime groups is 1. The van der Waals surface area contributed by atoms with Crippen molar-refractivity contribution < 1.29 is 5.21 Å². The molecule has 0 radical (unpaired) electrons. The molecule has 2 aliphatic rings. The number of aryl methyl sites for hydroxylation is 1. The van der Waals surface area contributed by atoms with E-state index in [9.17, 15) is 0 Å². The van der Waals surface area contributed by atoms with Gasteiger partial charge in [-0.25, -0.2) is 9.97 Å². The Bertz CT molecular complexity index is 508. The van der Waals surface area contributed by atoms with Gasteiger partial charge in [-0.15, -0.1) is 0 Å². The molecule has 1 aromatic heterocycles. The van der Waals surface area contributed by atoms with Crippen LogP contribution in [0.15, 0.2) is 11.2 Å². The molecule has 0 aromatic carbocycles. The van der Waals surface area contributed by atoms with Crippen LogP contribution < -0.4 is 10.6 Å². The third kappa shape index (κ3) is 2.77. The number of aromatic nitrogens is 2. The van der Waals surface area contributed by atoms with Crippen LogP contribution in [0, 0.1) is 12.8 Å². The van der Waals surface area contributed by atoms with Crippen molar-refractivity contribution >= 4 is 11.8 Å². The Kier molecular flexibility index (Phi) is 3.00. The fourth-order valence-electron chi connectivity index (χ4n) is 2.22. The van der Waals surface area contributed by atoms with Crippen molar-refractivity contribution in [3.8, 4) is 0 Å². The summed E-state index contributed by atoms with van der Waals surface area (Å²) in [5.74, 6) is 1.54. The number of hydrogen-bond acceptors (Lipinski definition) is 5. The van der Waals surface area contributed by atoms with Gasteiger partial charge in [0.15, 0.2) is 5.84 Å². The molecule has 19 heavy (non-hydrogen) atoms. The largest absolute Gasteiger partial charge is 0.409 e. The van der Waals surface area contributed by atoms with Gasteiger partial charge < -0.3 is 15.8 Å². The third-order valence-corrected chi connectivity index (χ3v) is 3.61. The van der Waals surface area contributed by atoms with E-state index in [-0.39, 0.29) is 5.84 Å². The van der Waals surface area contributed by atoms with Crippen molar-refractivity contribution in [2.45, 2.75) is 38.6 Å². The van der Waals surface area contributed by atoms with Crippen LogP contribution >= 0.6 is 0 Å². The molecule has 0 spiro atoms. The summed E-state index contributed by atoms with van der Waals surface area (Å²) in [7, 11) is 0. The molecule has 1 heterocycles. The topological polar surface area (TPSA) is 87.6 Å². The second-order valence-corrected chi connectivity index (χ2v) is 5.51. The first-order valence-electron chi connectivity index (χ1n) is 6.77. The van der Waals surface area contributed by atoms with Gasteiger partial charge in [0.25, 0.3) is 0 Å². The molecule has 2 saturated carbocycles. The van der Waals surface area contributed by atoms with E-state index in [0.717, 1.165) is 24.1 Å². The van der Waals surface area contributed by atoms with Crippen LogP contribution in [-0.2, 0) is 0 Å². The lowest BCUT2D eigenvalue weighted by Gasteiger charge is -2.22. The van der Waals surface area contributed by atoms with Crippen LogP contribution in [0.25, 0.3) is 0 Å². The number of rotatable bonds is 5. The van der Waals surface area contributed by atoms with E-state index in [1.807, 2.05) is 6.92 Å². The van der Waals surface area contributed by atoms with E-state index in [1.54, 1.807) is 6.07 Å². The maximum absolute atomic E-state index is 8.77. The molecule has 0 saturated heterocycles. The highest BCUT2D eigenvalue weighted by Gasteiger charge is 2.35. The summed E-state index contributed by atoms with van der Waals surface area (Å²) in [5, 5.41) is 11.8. The van der Waals surface area contributed by atoms with Crippen LogP contribution in [0.5, 0.6) is 0 Å². The van der Waals surface area contributed by atoms with E-state index >= 15 is 0 Å². The van der Waals surface area contributed by atoms with E-state index in [0.29, 0.717) is 11.7 Å². The summed E-state index contributed by atoms with van der Waals surface area (Å²) >= 11 is 0. The molecule has 2 aliphatic carbocycles. The molecular formula is C13H19N5O. The van der Waals surface area contributed by atoms with Gasteiger partial charge in [-0.2, -0.15) is 0 Å². The van der Waals surface area contributed by atoms with E-state index in [2.05, 4.69) is 20.0 Å². The summed E-state index contributed by atoms with van der Waals surface area (Å²) < 4.78 is 0. The zero-order chi connectivity index (χ0) is 13.4. The van der Waals surface area contributed by atoms with Crippen molar-refractivity contribution in [1.29, 1.82) is 0 Å². The lowest BCUT2D eigenvalue weighted by atomic mass is 10.3. The normalized spacial score (nSPS) is 19.5. The Morgan fingerprint density at radius 1 is 1.42 bits per heavy atom. The van der Waals surface area contributed by atoms with Crippen molar-refractivity contribution in [3.05, 3.63) is 17.5 Å². The van der Waals surface area contributed by atoms with Crippen LogP contribution in [0.3, 0.4) is 0 Å². The maximum Gasteiger partial charge on any atom is 0.226 e. The Morgan fingerprint density at radius 3 is 2.74 bits per heavy atom. The van der Waals surface area contributed by atoms with Gasteiger partial charge in [0.05, 0.1) is 0 Å². The van der Waals surface area contributed by atoms with Crippen LogP contribution in [0.1, 0.15) is 37.1 Å². The van der Waals surface area contributed by atoms with Crippen molar-refractivity contribution in [3.63, 3.8) is 0 Å². The molecule has 1 aromatic rings. The summed E-state index contributed by atoms with van der Waals surface area (Å²) in [5.41, 5.74) is 6.96. The van der Waals surface area contributed by atoms with Gasteiger partial charge in [-0.1, -0.05) is 5.16 Å². The fraction of sp³-hybridized carbons (Fsp3) is 0.615.